The summed E-state index contributed by atoms with van der Waals surface area (Å²) in [5.41, 5.74) is 0.529. The first kappa shape index (κ1) is 22.7. The fourth-order valence-electron chi connectivity index (χ4n) is 4.47. The Morgan fingerprint density at radius 1 is 1.16 bits per heavy atom. The maximum atomic E-state index is 13.1. The first-order valence-electron chi connectivity index (χ1n) is 11.1. The van der Waals surface area contributed by atoms with Gasteiger partial charge in [-0.3, -0.25) is 15.0 Å². The maximum absolute atomic E-state index is 13.1. The molecule has 0 bridgehead atoms. The van der Waals surface area contributed by atoms with Gasteiger partial charge in [0.1, 0.15) is 10.5 Å². The van der Waals surface area contributed by atoms with Gasteiger partial charge in [-0.05, 0) is 31.9 Å². The number of sulfonamides is 1. The van der Waals surface area contributed by atoms with Gasteiger partial charge >= 0.3 is 6.03 Å². The summed E-state index contributed by atoms with van der Waals surface area (Å²) in [5, 5.41) is 5.88. The molecule has 2 fully saturated rings. The number of amides is 3. The minimum absolute atomic E-state index is 0.125. The average Bonchev–Trinajstić information content (AvgIpc) is 3.24. The molecule has 1 aliphatic carbocycles. The zero-order valence-corrected chi connectivity index (χ0v) is 19.0. The molecule has 2 aliphatic rings. The molecule has 3 N–H and O–H groups in total. The topological polar surface area (TPSA) is 127 Å². The van der Waals surface area contributed by atoms with E-state index in [-0.39, 0.29) is 29.9 Å². The van der Waals surface area contributed by atoms with Gasteiger partial charge in [0, 0.05) is 50.0 Å². The van der Waals surface area contributed by atoms with Crippen LogP contribution in [0.4, 0.5) is 4.79 Å². The third-order valence-electron chi connectivity index (χ3n) is 6.41. The van der Waals surface area contributed by atoms with Crippen LogP contribution in [0, 0.1) is 0 Å². The summed E-state index contributed by atoms with van der Waals surface area (Å²) < 4.78 is 27.7. The Labute approximate surface area is 187 Å². The zero-order chi connectivity index (χ0) is 22.7. The molecule has 3 heterocycles. The van der Waals surface area contributed by atoms with Crippen molar-refractivity contribution >= 4 is 33.0 Å². The van der Waals surface area contributed by atoms with Crippen molar-refractivity contribution in [1.82, 2.24) is 29.8 Å². The summed E-state index contributed by atoms with van der Waals surface area (Å²) in [5.74, 6) is -0.377. The van der Waals surface area contributed by atoms with Crippen LogP contribution in [0.25, 0.3) is 11.0 Å². The Bertz CT molecular complexity index is 1070. The molecule has 2 aromatic rings. The van der Waals surface area contributed by atoms with E-state index in [9.17, 15) is 18.0 Å². The fraction of sp³-hybridized carbons (Fsp3) is 0.571. The number of nitrogens with zero attached hydrogens (tertiary/aromatic N) is 3. The molecule has 3 amide bonds. The van der Waals surface area contributed by atoms with Crippen molar-refractivity contribution in [2.75, 3.05) is 26.2 Å². The number of aromatic amines is 1. The van der Waals surface area contributed by atoms with Gasteiger partial charge in [-0.2, -0.15) is 4.31 Å². The standard InChI is InChI=1S/C21H30N6O4S/c1-15(20(28)25-21(29)24-16-6-3-2-4-7-16)26-10-12-27(13-11-26)32(30,31)18-14-23-19-17(18)8-5-9-22-19/h5,8-9,14-16H,2-4,6-7,10-13H2,1H3,(H,22,23)(H2,24,25,28,29). The molecule has 4 rings (SSSR count). The van der Waals surface area contributed by atoms with Crippen LogP contribution in [0.1, 0.15) is 39.0 Å². The van der Waals surface area contributed by atoms with Gasteiger partial charge in [0.15, 0.2) is 0 Å². The number of hydrogen-bond donors (Lipinski definition) is 3. The van der Waals surface area contributed by atoms with E-state index in [4.69, 9.17) is 0 Å². The number of rotatable bonds is 5. The first-order valence-corrected chi connectivity index (χ1v) is 12.6. The third-order valence-corrected chi connectivity index (χ3v) is 8.35. The molecule has 1 saturated carbocycles. The molecule has 1 aliphatic heterocycles. The van der Waals surface area contributed by atoms with Gasteiger partial charge in [-0.25, -0.2) is 18.2 Å². The molecule has 0 radical (unpaired) electrons. The summed E-state index contributed by atoms with van der Waals surface area (Å²) in [7, 11) is -3.68. The van der Waals surface area contributed by atoms with E-state index >= 15 is 0 Å². The van der Waals surface area contributed by atoms with Crippen molar-refractivity contribution in [2.24, 2.45) is 0 Å². The highest BCUT2D eigenvalue weighted by Gasteiger charge is 2.33. The van der Waals surface area contributed by atoms with Gasteiger partial charge in [0.2, 0.25) is 15.9 Å². The second-order valence-corrected chi connectivity index (χ2v) is 10.4. The lowest BCUT2D eigenvalue weighted by Gasteiger charge is -2.36. The van der Waals surface area contributed by atoms with E-state index < -0.39 is 22.1 Å². The van der Waals surface area contributed by atoms with Crippen LogP contribution in [0.15, 0.2) is 29.4 Å². The van der Waals surface area contributed by atoms with Crippen LogP contribution >= 0.6 is 0 Å². The number of piperazine rings is 1. The second kappa shape index (κ2) is 9.55. The van der Waals surface area contributed by atoms with Crippen molar-refractivity contribution < 1.29 is 18.0 Å². The molecule has 0 aromatic carbocycles. The van der Waals surface area contributed by atoms with Crippen LogP contribution in [0.2, 0.25) is 0 Å². The molecule has 1 unspecified atom stereocenters. The highest BCUT2D eigenvalue weighted by molar-refractivity contribution is 7.89. The smallest absolute Gasteiger partial charge is 0.321 e. The van der Waals surface area contributed by atoms with E-state index in [1.165, 1.54) is 16.9 Å². The fourth-order valence-corrected chi connectivity index (χ4v) is 6.04. The summed E-state index contributed by atoms with van der Waals surface area (Å²) in [4.78, 5) is 33.9. The molecule has 1 atom stereocenters. The lowest BCUT2D eigenvalue weighted by molar-refractivity contribution is -0.125. The summed E-state index contributed by atoms with van der Waals surface area (Å²) in [6, 6.07) is 2.57. The van der Waals surface area contributed by atoms with Crippen LogP contribution in [-0.4, -0.2) is 77.8 Å². The van der Waals surface area contributed by atoms with E-state index in [2.05, 4.69) is 20.6 Å². The van der Waals surface area contributed by atoms with Gasteiger partial charge in [-0.1, -0.05) is 19.3 Å². The third kappa shape index (κ3) is 4.79. The Morgan fingerprint density at radius 3 is 2.59 bits per heavy atom. The number of nitrogens with one attached hydrogen (secondary N) is 3. The number of pyridine rings is 1. The van der Waals surface area contributed by atoms with Crippen molar-refractivity contribution in [2.45, 2.75) is 56.0 Å². The summed E-state index contributed by atoms with van der Waals surface area (Å²) in [6.07, 6.45) is 8.35. The number of aromatic nitrogens is 2. The zero-order valence-electron chi connectivity index (χ0n) is 18.2. The van der Waals surface area contributed by atoms with E-state index in [1.54, 1.807) is 25.3 Å². The number of fused-ring (bicyclic) bond motifs is 1. The number of imide groups is 1. The minimum atomic E-state index is -3.68. The summed E-state index contributed by atoms with van der Waals surface area (Å²) >= 11 is 0. The predicted octanol–water partition coefficient (Wildman–Crippen LogP) is 1.42. The minimum Gasteiger partial charge on any atom is -0.345 e. The lowest BCUT2D eigenvalue weighted by Crippen LogP contribution is -2.56. The predicted molar refractivity (Wildman–Crippen MR) is 119 cm³/mol. The van der Waals surface area contributed by atoms with Crippen LogP contribution in [0.3, 0.4) is 0 Å². The maximum Gasteiger partial charge on any atom is 0.321 e. The number of carbonyl (C=O) groups is 2. The van der Waals surface area contributed by atoms with Crippen molar-refractivity contribution in [3.63, 3.8) is 0 Å². The molecular formula is C21H30N6O4S. The second-order valence-electron chi connectivity index (χ2n) is 8.47. The molecule has 11 heteroatoms. The monoisotopic (exact) mass is 462 g/mol. The lowest BCUT2D eigenvalue weighted by atomic mass is 9.96. The van der Waals surface area contributed by atoms with E-state index in [0.29, 0.717) is 24.1 Å². The average molecular weight is 463 g/mol. The Kier molecular flexibility index (Phi) is 6.77. The highest BCUT2D eigenvalue weighted by Crippen LogP contribution is 2.25. The molecule has 2 aromatic heterocycles. The van der Waals surface area contributed by atoms with Crippen LogP contribution in [0.5, 0.6) is 0 Å². The van der Waals surface area contributed by atoms with Gasteiger partial charge in [0.25, 0.3) is 0 Å². The molecule has 174 valence electrons. The van der Waals surface area contributed by atoms with Crippen molar-refractivity contribution in [3.8, 4) is 0 Å². The number of urea groups is 1. The highest BCUT2D eigenvalue weighted by atomic mass is 32.2. The quantitative estimate of drug-likeness (QED) is 0.617. The molecular weight excluding hydrogens is 432 g/mol. The van der Waals surface area contributed by atoms with Gasteiger partial charge in [-0.15, -0.1) is 0 Å². The van der Waals surface area contributed by atoms with Crippen molar-refractivity contribution in [1.29, 1.82) is 0 Å². The Hall–Kier alpha value is -2.50. The van der Waals surface area contributed by atoms with Gasteiger partial charge < -0.3 is 10.3 Å². The largest absolute Gasteiger partial charge is 0.345 e. The molecule has 1 saturated heterocycles. The summed E-state index contributed by atoms with van der Waals surface area (Å²) in [6.45, 7) is 3.07. The number of hydrogen-bond acceptors (Lipinski definition) is 6. The van der Waals surface area contributed by atoms with E-state index in [1.807, 2.05) is 4.90 Å². The molecule has 32 heavy (non-hydrogen) atoms. The number of H-pyrrole nitrogens is 1. The normalized spacial score (nSPS) is 20.2. The molecule has 10 nitrogen and oxygen atoms in total. The Balaban J connectivity index is 1.31. The van der Waals surface area contributed by atoms with Crippen molar-refractivity contribution in [3.05, 3.63) is 24.5 Å². The van der Waals surface area contributed by atoms with E-state index in [0.717, 1.165) is 25.7 Å². The Morgan fingerprint density at radius 2 is 1.88 bits per heavy atom. The van der Waals surface area contributed by atoms with Crippen LogP contribution in [-0.2, 0) is 14.8 Å². The SMILES string of the molecule is CC(C(=O)NC(=O)NC1CCCCC1)N1CCN(S(=O)(=O)c2c[nH]c3ncccc23)CC1. The number of carbonyl (C=O) groups excluding carboxylic acids is 2. The first-order chi connectivity index (χ1) is 15.4. The van der Waals surface area contributed by atoms with Gasteiger partial charge in [0.05, 0.1) is 6.04 Å². The van der Waals surface area contributed by atoms with Crippen LogP contribution < -0.4 is 10.6 Å². The molecule has 0 spiro atoms.